The molecule has 1 N–H and O–H groups in total. The first-order valence-corrected chi connectivity index (χ1v) is 7.54. The Labute approximate surface area is 113 Å². The number of rotatable bonds is 3. The van der Waals surface area contributed by atoms with Crippen LogP contribution in [0.15, 0.2) is 6.20 Å². The Balaban J connectivity index is 1.84. The lowest BCUT2D eigenvalue weighted by Crippen LogP contribution is -2.20. The van der Waals surface area contributed by atoms with Gasteiger partial charge in [-0.05, 0) is 43.6 Å². The van der Waals surface area contributed by atoms with E-state index in [1.54, 1.807) is 0 Å². The van der Waals surface area contributed by atoms with Gasteiger partial charge < -0.3 is 5.11 Å². The summed E-state index contributed by atoms with van der Waals surface area (Å²) >= 11 is 0. The Bertz CT molecular complexity index is 461. The molecule has 4 nitrogen and oxygen atoms in total. The van der Waals surface area contributed by atoms with Crippen LogP contribution in [0.5, 0.6) is 0 Å². The first-order chi connectivity index (χ1) is 9.25. The van der Waals surface area contributed by atoms with Crippen LogP contribution in [0.1, 0.15) is 74.6 Å². The lowest BCUT2D eigenvalue weighted by molar-refractivity contribution is -0.137. The van der Waals surface area contributed by atoms with Gasteiger partial charge in [-0.15, -0.1) is 0 Å². The van der Waals surface area contributed by atoms with E-state index in [1.165, 1.54) is 43.4 Å². The number of nitrogens with zero attached hydrogens (tertiary/aromatic N) is 2. The molecule has 0 aliphatic heterocycles. The van der Waals surface area contributed by atoms with Crippen molar-refractivity contribution in [1.82, 2.24) is 9.78 Å². The molecule has 0 aromatic carbocycles. The Hall–Kier alpha value is -1.32. The van der Waals surface area contributed by atoms with Crippen LogP contribution in [-0.4, -0.2) is 20.9 Å². The second-order valence-electron chi connectivity index (χ2n) is 5.97. The SMILES string of the molecule is O=C(O)CC1CCCc2c1cnn2C1CCCCC1. The smallest absolute Gasteiger partial charge is 0.303 e. The molecule has 0 spiro atoms. The van der Waals surface area contributed by atoms with E-state index in [0.717, 1.165) is 19.3 Å². The molecule has 0 radical (unpaired) electrons. The fourth-order valence-electron chi connectivity index (χ4n) is 3.74. The van der Waals surface area contributed by atoms with Gasteiger partial charge in [0.05, 0.1) is 18.7 Å². The number of aromatic nitrogens is 2. The second kappa shape index (κ2) is 5.35. The average molecular weight is 262 g/mol. The number of aliphatic carboxylic acids is 1. The standard InChI is InChI=1S/C15H22N2O2/c18-15(19)9-11-5-4-8-14-13(11)10-16-17(14)12-6-2-1-3-7-12/h10-12H,1-9H2,(H,18,19). The van der Waals surface area contributed by atoms with Crippen molar-refractivity contribution in [2.24, 2.45) is 0 Å². The number of carbonyl (C=O) groups is 1. The molecule has 1 saturated carbocycles. The predicted octanol–water partition coefficient (Wildman–Crippen LogP) is 3.28. The van der Waals surface area contributed by atoms with E-state index < -0.39 is 5.97 Å². The normalized spacial score (nSPS) is 24.1. The summed E-state index contributed by atoms with van der Waals surface area (Å²) in [5.41, 5.74) is 2.53. The molecule has 3 rings (SSSR count). The molecule has 104 valence electrons. The number of carboxylic acid groups (broad SMARTS) is 1. The van der Waals surface area contributed by atoms with Crippen LogP contribution in [0, 0.1) is 0 Å². The molecule has 2 aliphatic carbocycles. The van der Waals surface area contributed by atoms with E-state index in [-0.39, 0.29) is 12.3 Å². The minimum Gasteiger partial charge on any atom is -0.481 e. The molecule has 1 aromatic heterocycles. The predicted molar refractivity (Wildman–Crippen MR) is 72.3 cm³/mol. The van der Waals surface area contributed by atoms with Crippen LogP contribution in [0.3, 0.4) is 0 Å². The fourth-order valence-corrected chi connectivity index (χ4v) is 3.74. The number of hydrogen-bond donors (Lipinski definition) is 1. The van der Waals surface area contributed by atoms with E-state index in [1.807, 2.05) is 6.20 Å². The molecule has 19 heavy (non-hydrogen) atoms. The van der Waals surface area contributed by atoms with Gasteiger partial charge in [0.1, 0.15) is 0 Å². The second-order valence-corrected chi connectivity index (χ2v) is 5.97. The first kappa shape index (κ1) is 12.7. The van der Waals surface area contributed by atoms with Crippen LogP contribution in [0.2, 0.25) is 0 Å². The van der Waals surface area contributed by atoms with E-state index in [0.29, 0.717) is 6.04 Å². The van der Waals surface area contributed by atoms with Gasteiger partial charge in [-0.1, -0.05) is 19.3 Å². The van der Waals surface area contributed by atoms with Crippen molar-refractivity contribution in [3.63, 3.8) is 0 Å². The largest absolute Gasteiger partial charge is 0.481 e. The minimum atomic E-state index is -0.691. The summed E-state index contributed by atoms with van der Waals surface area (Å²) in [5, 5.41) is 13.6. The maximum atomic E-state index is 11.0. The molecular weight excluding hydrogens is 240 g/mol. The summed E-state index contributed by atoms with van der Waals surface area (Å²) in [7, 11) is 0. The third kappa shape index (κ3) is 2.53. The van der Waals surface area contributed by atoms with Gasteiger partial charge in [-0.3, -0.25) is 9.48 Å². The highest BCUT2D eigenvalue weighted by atomic mass is 16.4. The zero-order valence-corrected chi connectivity index (χ0v) is 11.3. The maximum Gasteiger partial charge on any atom is 0.303 e. The van der Waals surface area contributed by atoms with E-state index in [4.69, 9.17) is 5.11 Å². The van der Waals surface area contributed by atoms with Crippen LogP contribution in [0.25, 0.3) is 0 Å². The molecule has 0 saturated heterocycles. The van der Waals surface area contributed by atoms with Gasteiger partial charge in [0.2, 0.25) is 0 Å². The molecular formula is C15H22N2O2. The average Bonchev–Trinajstić information content (AvgIpc) is 2.84. The molecule has 1 atom stereocenters. The van der Waals surface area contributed by atoms with Gasteiger partial charge in [-0.25, -0.2) is 0 Å². The molecule has 1 heterocycles. The zero-order valence-electron chi connectivity index (χ0n) is 11.3. The molecule has 1 aromatic rings. The summed E-state index contributed by atoms with van der Waals surface area (Å²) in [6, 6.07) is 0.557. The van der Waals surface area contributed by atoms with Gasteiger partial charge in [-0.2, -0.15) is 5.10 Å². The van der Waals surface area contributed by atoms with Gasteiger partial charge in [0, 0.05) is 5.69 Å². The Morgan fingerprint density at radius 1 is 1.26 bits per heavy atom. The van der Waals surface area contributed by atoms with Crippen molar-refractivity contribution in [1.29, 1.82) is 0 Å². The van der Waals surface area contributed by atoms with Gasteiger partial charge in [0.15, 0.2) is 0 Å². The Kier molecular flexibility index (Phi) is 3.58. The highest BCUT2D eigenvalue weighted by Crippen LogP contribution is 2.37. The molecule has 2 aliphatic rings. The summed E-state index contributed by atoms with van der Waals surface area (Å²) < 4.78 is 2.22. The molecule has 4 heteroatoms. The van der Waals surface area contributed by atoms with Crippen molar-refractivity contribution < 1.29 is 9.90 Å². The molecule has 0 amide bonds. The van der Waals surface area contributed by atoms with Crippen LogP contribution >= 0.6 is 0 Å². The summed E-state index contributed by atoms with van der Waals surface area (Å²) in [5.74, 6) is -0.512. The lowest BCUT2D eigenvalue weighted by Gasteiger charge is -2.27. The minimum absolute atomic E-state index is 0.179. The van der Waals surface area contributed by atoms with E-state index in [2.05, 4.69) is 9.78 Å². The monoisotopic (exact) mass is 262 g/mol. The topological polar surface area (TPSA) is 55.1 Å². The van der Waals surface area contributed by atoms with Crippen molar-refractivity contribution in [3.05, 3.63) is 17.5 Å². The first-order valence-electron chi connectivity index (χ1n) is 7.54. The van der Waals surface area contributed by atoms with Crippen LogP contribution in [-0.2, 0) is 11.2 Å². The molecule has 1 unspecified atom stereocenters. The van der Waals surface area contributed by atoms with E-state index >= 15 is 0 Å². The maximum absolute atomic E-state index is 11.0. The van der Waals surface area contributed by atoms with Crippen molar-refractivity contribution >= 4 is 5.97 Å². The van der Waals surface area contributed by atoms with Crippen molar-refractivity contribution in [2.75, 3.05) is 0 Å². The molecule has 1 fully saturated rings. The molecule has 0 bridgehead atoms. The van der Waals surface area contributed by atoms with Gasteiger partial charge >= 0.3 is 5.97 Å². The Morgan fingerprint density at radius 3 is 2.79 bits per heavy atom. The quantitative estimate of drug-likeness (QED) is 0.909. The lowest BCUT2D eigenvalue weighted by atomic mass is 9.84. The van der Waals surface area contributed by atoms with Crippen molar-refractivity contribution in [2.45, 2.75) is 69.7 Å². The van der Waals surface area contributed by atoms with Gasteiger partial charge in [0.25, 0.3) is 0 Å². The highest BCUT2D eigenvalue weighted by molar-refractivity contribution is 5.68. The van der Waals surface area contributed by atoms with Crippen molar-refractivity contribution in [3.8, 4) is 0 Å². The van der Waals surface area contributed by atoms with Crippen LogP contribution in [0.4, 0.5) is 0 Å². The fraction of sp³-hybridized carbons (Fsp3) is 0.733. The highest BCUT2D eigenvalue weighted by Gasteiger charge is 2.28. The number of carboxylic acids is 1. The zero-order chi connectivity index (χ0) is 13.2. The Morgan fingerprint density at radius 2 is 2.05 bits per heavy atom. The van der Waals surface area contributed by atoms with Crippen LogP contribution < -0.4 is 0 Å². The third-order valence-corrected chi connectivity index (χ3v) is 4.68. The number of hydrogen-bond acceptors (Lipinski definition) is 2. The van der Waals surface area contributed by atoms with E-state index in [9.17, 15) is 4.79 Å². The number of fused-ring (bicyclic) bond motifs is 1. The summed E-state index contributed by atoms with van der Waals surface area (Å²) in [4.78, 5) is 11.0. The third-order valence-electron chi connectivity index (χ3n) is 4.68. The summed E-state index contributed by atoms with van der Waals surface area (Å²) in [6.45, 7) is 0. The summed E-state index contributed by atoms with van der Waals surface area (Å²) in [6.07, 6.45) is 11.8.